The number of anilines is 1. The fraction of sp³-hybridized carbons (Fsp3) is 0.364. The molecule has 0 spiro atoms. The average molecular weight is 271 g/mol. The number of fused-ring (bicyclic) bond motifs is 1. The first-order chi connectivity index (χ1) is 8.38. The molecule has 1 aromatic rings. The number of benzene rings is 1. The lowest BCUT2D eigenvalue weighted by molar-refractivity contribution is -0.138. The van der Waals surface area contributed by atoms with Crippen molar-refractivity contribution in [1.82, 2.24) is 0 Å². The molecule has 0 fully saturated rings. The Balaban J connectivity index is 2.38. The molecule has 1 aromatic carbocycles. The van der Waals surface area contributed by atoms with Gasteiger partial charge in [-0.3, -0.25) is 9.10 Å². The molecule has 1 aliphatic heterocycles. The van der Waals surface area contributed by atoms with E-state index < -0.39 is 22.1 Å². The molecule has 0 aliphatic carbocycles. The van der Waals surface area contributed by atoms with E-state index in [-0.39, 0.29) is 13.0 Å². The lowest BCUT2D eigenvalue weighted by Crippen LogP contribution is -2.43. The molecule has 2 rings (SSSR count). The molecule has 0 radical (unpaired) electrons. The van der Waals surface area contributed by atoms with Crippen LogP contribution in [0.4, 0.5) is 5.69 Å². The lowest BCUT2D eigenvalue weighted by atomic mass is 10.2. The van der Waals surface area contributed by atoms with Crippen LogP contribution in [0.2, 0.25) is 0 Å². The van der Waals surface area contributed by atoms with Gasteiger partial charge < -0.3 is 9.84 Å². The first-order valence-electron chi connectivity index (χ1n) is 5.33. The average Bonchev–Trinajstić information content (AvgIpc) is 2.25. The van der Waals surface area contributed by atoms with Crippen molar-refractivity contribution in [1.29, 1.82) is 0 Å². The summed E-state index contributed by atoms with van der Waals surface area (Å²) in [6, 6.07) is 6.68. The number of nitrogens with zero attached hydrogens (tertiary/aromatic N) is 1. The molecule has 98 valence electrons. The number of carbonyl (C=O) groups is 1. The van der Waals surface area contributed by atoms with Gasteiger partial charge in [-0.1, -0.05) is 12.1 Å². The monoisotopic (exact) mass is 271 g/mol. The Morgan fingerprint density at radius 3 is 2.78 bits per heavy atom. The zero-order chi connectivity index (χ0) is 13.3. The maximum absolute atomic E-state index is 11.7. The van der Waals surface area contributed by atoms with Crippen LogP contribution in [0.3, 0.4) is 0 Å². The zero-order valence-electron chi connectivity index (χ0n) is 9.74. The van der Waals surface area contributed by atoms with Crippen LogP contribution in [-0.4, -0.2) is 38.4 Å². The van der Waals surface area contributed by atoms with Crippen LogP contribution in [-0.2, 0) is 14.8 Å². The predicted octanol–water partition coefficient (Wildman–Crippen LogP) is 0.688. The third kappa shape index (κ3) is 2.56. The lowest BCUT2D eigenvalue weighted by Gasteiger charge is -2.34. The highest BCUT2D eigenvalue weighted by atomic mass is 32.2. The molecule has 1 heterocycles. The summed E-state index contributed by atoms with van der Waals surface area (Å²) in [5.41, 5.74) is 0.446. The normalized spacial score (nSPS) is 18.9. The van der Waals surface area contributed by atoms with E-state index in [0.717, 1.165) is 6.26 Å². The van der Waals surface area contributed by atoms with Gasteiger partial charge in [-0.25, -0.2) is 8.42 Å². The largest absolute Gasteiger partial charge is 0.486 e. The summed E-state index contributed by atoms with van der Waals surface area (Å²) in [4.78, 5) is 10.7. The number of hydrogen-bond donors (Lipinski definition) is 1. The van der Waals surface area contributed by atoms with Gasteiger partial charge in [0.05, 0.1) is 24.9 Å². The first kappa shape index (κ1) is 12.7. The number of rotatable bonds is 3. The summed E-state index contributed by atoms with van der Waals surface area (Å²) < 4.78 is 30.1. The minimum Gasteiger partial charge on any atom is -0.486 e. The quantitative estimate of drug-likeness (QED) is 0.874. The molecule has 1 aliphatic rings. The number of hydrogen-bond acceptors (Lipinski definition) is 4. The van der Waals surface area contributed by atoms with Gasteiger partial charge in [-0.2, -0.15) is 0 Å². The summed E-state index contributed by atoms with van der Waals surface area (Å²) >= 11 is 0. The fourth-order valence-electron chi connectivity index (χ4n) is 1.88. The highest BCUT2D eigenvalue weighted by Crippen LogP contribution is 2.35. The van der Waals surface area contributed by atoms with Crippen LogP contribution in [0.25, 0.3) is 0 Å². The van der Waals surface area contributed by atoms with Crippen molar-refractivity contribution in [2.45, 2.75) is 12.5 Å². The van der Waals surface area contributed by atoms with E-state index in [0.29, 0.717) is 11.4 Å². The van der Waals surface area contributed by atoms with Gasteiger partial charge in [0.1, 0.15) is 11.9 Å². The maximum atomic E-state index is 11.7. The fourth-order valence-corrected chi connectivity index (χ4v) is 2.82. The molecule has 1 atom stereocenters. The number of sulfonamides is 1. The van der Waals surface area contributed by atoms with Crippen LogP contribution in [0.1, 0.15) is 6.42 Å². The molecule has 0 aromatic heterocycles. The van der Waals surface area contributed by atoms with Crippen molar-refractivity contribution in [3.63, 3.8) is 0 Å². The predicted molar refractivity (Wildman–Crippen MR) is 65.3 cm³/mol. The second-order valence-corrected chi connectivity index (χ2v) is 6.01. The molecule has 0 unspecified atom stereocenters. The number of ether oxygens (including phenoxy) is 1. The molecule has 6 nitrogen and oxygen atoms in total. The maximum Gasteiger partial charge on any atom is 0.307 e. The van der Waals surface area contributed by atoms with Crippen molar-refractivity contribution in [2.24, 2.45) is 0 Å². The van der Waals surface area contributed by atoms with Gasteiger partial charge in [0.15, 0.2) is 0 Å². The van der Waals surface area contributed by atoms with Crippen molar-refractivity contribution < 1.29 is 23.1 Å². The molecular weight excluding hydrogens is 258 g/mol. The molecular formula is C11H13NO5S. The van der Waals surface area contributed by atoms with E-state index in [9.17, 15) is 13.2 Å². The Labute approximate surface area is 105 Å². The van der Waals surface area contributed by atoms with Crippen molar-refractivity contribution >= 4 is 21.7 Å². The Morgan fingerprint density at radius 1 is 1.50 bits per heavy atom. The Hall–Kier alpha value is -1.76. The van der Waals surface area contributed by atoms with E-state index in [1.807, 2.05) is 0 Å². The second-order valence-electron chi connectivity index (χ2n) is 4.10. The van der Waals surface area contributed by atoms with Crippen molar-refractivity contribution in [3.05, 3.63) is 24.3 Å². The van der Waals surface area contributed by atoms with E-state index in [4.69, 9.17) is 9.84 Å². The van der Waals surface area contributed by atoms with Crippen molar-refractivity contribution in [2.75, 3.05) is 17.1 Å². The third-order valence-corrected chi connectivity index (χ3v) is 3.75. The Kier molecular flexibility index (Phi) is 3.16. The van der Waals surface area contributed by atoms with E-state index in [2.05, 4.69) is 0 Å². The minimum absolute atomic E-state index is 0.0160. The van der Waals surface area contributed by atoms with Crippen molar-refractivity contribution in [3.8, 4) is 5.75 Å². The first-order valence-corrected chi connectivity index (χ1v) is 7.18. The van der Waals surface area contributed by atoms with Gasteiger partial charge in [0.25, 0.3) is 0 Å². The van der Waals surface area contributed by atoms with Crippen LogP contribution < -0.4 is 9.04 Å². The number of aliphatic carboxylic acids is 1. The highest BCUT2D eigenvalue weighted by molar-refractivity contribution is 7.92. The molecule has 0 saturated heterocycles. The number of para-hydroxylation sites is 2. The van der Waals surface area contributed by atoms with E-state index in [1.165, 1.54) is 4.31 Å². The molecule has 0 amide bonds. The van der Waals surface area contributed by atoms with Gasteiger partial charge >= 0.3 is 5.97 Å². The molecule has 7 heteroatoms. The molecule has 1 N–H and O–H groups in total. The molecule has 0 bridgehead atoms. The SMILES string of the molecule is CS(=O)(=O)N1C[C@H](CC(=O)O)Oc2ccccc21. The number of carboxylic acid groups (broad SMARTS) is 1. The zero-order valence-corrected chi connectivity index (χ0v) is 10.6. The van der Waals surface area contributed by atoms with E-state index >= 15 is 0 Å². The summed E-state index contributed by atoms with van der Waals surface area (Å²) in [6.45, 7) is 0.0160. The third-order valence-electron chi connectivity index (χ3n) is 2.60. The minimum atomic E-state index is -3.45. The number of carboxylic acids is 1. The van der Waals surface area contributed by atoms with Gasteiger partial charge in [0, 0.05) is 0 Å². The second kappa shape index (κ2) is 4.49. The summed E-state index contributed by atoms with van der Waals surface area (Å²) in [6.07, 6.45) is 0.180. The van der Waals surface area contributed by atoms with Gasteiger partial charge in [-0.05, 0) is 12.1 Å². The van der Waals surface area contributed by atoms with Crippen LogP contribution in [0, 0.1) is 0 Å². The molecule has 0 saturated carbocycles. The Bertz CT molecular complexity index is 569. The summed E-state index contributed by atoms with van der Waals surface area (Å²) in [5, 5.41) is 8.75. The smallest absolute Gasteiger partial charge is 0.307 e. The van der Waals surface area contributed by atoms with Gasteiger partial charge in [0.2, 0.25) is 10.0 Å². The van der Waals surface area contributed by atoms with Crippen LogP contribution in [0.15, 0.2) is 24.3 Å². The molecule has 18 heavy (non-hydrogen) atoms. The standard InChI is InChI=1S/C11H13NO5S/c1-18(15,16)12-7-8(6-11(13)14)17-10-5-3-2-4-9(10)12/h2-5,8H,6-7H2,1H3,(H,13,14)/t8-/m0/s1. The van der Waals surface area contributed by atoms with Crippen LogP contribution >= 0.6 is 0 Å². The summed E-state index contributed by atoms with van der Waals surface area (Å²) in [7, 11) is -3.45. The van der Waals surface area contributed by atoms with Gasteiger partial charge in [-0.15, -0.1) is 0 Å². The van der Waals surface area contributed by atoms with E-state index in [1.54, 1.807) is 24.3 Å². The summed E-state index contributed by atoms with van der Waals surface area (Å²) in [5.74, 6) is -0.631. The van der Waals surface area contributed by atoms with Crippen LogP contribution in [0.5, 0.6) is 5.75 Å². The highest BCUT2D eigenvalue weighted by Gasteiger charge is 2.31. The topological polar surface area (TPSA) is 83.9 Å². The Morgan fingerprint density at radius 2 is 2.17 bits per heavy atom.